The maximum absolute atomic E-state index is 11.7. The van der Waals surface area contributed by atoms with E-state index in [0.717, 1.165) is 0 Å². The second-order valence-corrected chi connectivity index (χ2v) is 4.50. The number of hydrogen-bond donors (Lipinski definition) is 3. The van der Waals surface area contributed by atoms with Crippen molar-refractivity contribution in [1.82, 2.24) is 5.32 Å². The number of nitrogens with one attached hydrogen (secondary N) is 2. The number of aliphatic carboxylic acids is 1. The number of ether oxygens (including phenoxy) is 1. The van der Waals surface area contributed by atoms with Crippen molar-refractivity contribution < 1.29 is 19.4 Å². The second kappa shape index (κ2) is 8.04. The van der Waals surface area contributed by atoms with E-state index in [4.69, 9.17) is 9.84 Å². The van der Waals surface area contributed by atoms with Gasteiger partial charge in [-0.1, -0.05) is 13.0 Å². The fourth-order valence-corrected chi connectivity index (χ4v) is 1.64. The van der Waals surface area contributed by atoms with Crippen LogP contribution in [0.3, 0.4) is 0 Å². The molecule has 0 bridgehead atoms. The lowest BCUT2D eigenvalue weighted by Gasteiger charge is -2.12. The van der Waals surface area contributed by atoms with Gasteiger partial charge in [-0.25, -0.2) is 4.79 Å². The molecule has 0 saturated carbocycles. The molecule has 0 heterocycles. The van der Waals surface area contributed by atoms with E-state index in [9.17, 15) is 9.59 Å². The van der Waals surface area contributed by atoms with Gasteiger partial charge in [0.2, 0.25) is 0 Å². The summed E-state index contributed by atoms with van der Waals surface area (Å²) in [6, 6.07) is 6.71. The topological polar surface area (TPSA) is 87.7 Å². The smallest absolute Gasteiger partial charge is 0.319 e. The molecule has 0 aromatic heterocycles. The van der Waals surface area contributed by atoms with Gasteiger partial charge in [-0.2, -0.15) is 0 Å². The van der Waals surface area contributed by atoms with Crippen molar-refractivity contribution in [3.8, 4) is 5.75 Å². The van der Waals surface area contributed by atoms with Gasteiger partial charge in [0.1, 0.15) is 5.75 Å². The zero-order valence-corrected chi connectivity index (χ0v) is 11.7. The highest BCUT2D eigenvalue weighted by atomic mass is 16.5. The third kappa shape index (κ3) is 6.08. The number of hydrogen-bond acceptors (Lipinski definition) is 3. The highest BCUT2D eigenvalue weighted by Crippen LogP contribution is 2.17. The molecular formula is C14H20N2O4. The van der Waals surface area contributed by atoms with E-state index < -0.39 is 5.97 Å². The fourth-order valence-electron chi connectivity index (χ4n) is 1.64. The Morgan fingerprint density at radius 3 is 2.80 bits per heavy atom. The summed E-state index contributed by atoms with van der Waals surface area (Å²) in [5.41, 5.74) is 0.624. The molecule has 20 heavy (non-hydrogen) atoms. The van der Waals surface area contributed by atoms with Gasteiger partial charge in [-0.05, 0) is 25.0 Å². The fraction of sp³-hybridized carbons (Fsp3) is 0.429. The Balaban J connectivity index is 2.42. The lowest BCUT2D eigenvalue weighted by atomic mass is 10.1. The third-order valence-corrected chi connectivity index (χ3v) is 2.54. The first-order valence-corrected chi connectivity index (χ1v) is 6.50. The van der Waals surface area contributed by atoms with Gasteiger partial charge in [0.05, 0.1) is 6.61 Å². The average Bonchev–Trinajstić information content (AvgIpc) is 2.36. The number of amides is 2. The predicted octanol–water partition coefficient (Wildman–Crippen LogP) is 2.32. The van der Waals surface area contributed by atoms with E-state index in [1.807, 2.05) is 13.0 Å². The van der Waals surface area contributed by atoms with Gasteiger partial charge >= 0.3 is 12.0 Å². The first-order chi connectivity index (χ1) is 9.51. The molecule has 0 aliphatic carbocycles. The van der Waals surface area contributed by atoms with Crippen molar-refractivity contribution in [1.29, 1.82) is 0 Å². The minimum Gasteiger partial charge on any atom is -0.494 e. The van der Waals surface area contributed by atoms with Crippen molar-refractivity contribution >= 4 is 17.7 Å². The van der Waals surface area contributed by atoms with Crippen LogP contribution < -0.4 is 15.4 Å². The van der Waals surface area contributed by atoms with Gasteiger partial charge in [-0.3, -0.25) is 4.79 Å². The summed E-state index contributed by atoms with van der Waals surface area (Å²) in [7, 11) is 0. The number of carbonyl (C=O) groups is 2. The van der Waals surface area contributed by atoms with E-state index in [1.165, 1.54) is 0 Å². The van der Waals surface area contributed by atoms with Crippen LogP contribution >= 0.6 is 0 Å². The minimum atomic E-state index is -0.871. The summed E-state index contributed by atoms with van der Waals surface area (Å²) in [5.74, 6) is -0.304. The Bertz CT molecular complexity index is 462. The number of urea groups is 1. The second-order valence-electron chi connectivity index (χ2n) is 4.50. The Kier molecular flexibility index (Phi) is 6.36. The Hall–Kier alpha value is -2.24. The van der Waals surface area contributed by atoms with Crippen LogP contribution in [-0.4, -0.2) is 30.3 Å². The van der Waals surface area contributed by atoms with Gasteiger partial charge in [0.25, 0.3) is 0 Å². The van der Waals surface area contributed by atoms with Crippen molar-refractivity contribution in [3.63, 3.8) is 0 Å². The molecule has 1 atom stereocenters. The van der Waals surface area contributed by atoms with Crippen molar-refractivity contribution in [2.24, 2.45) is 5.92 Å². The largest absolute Gasteiger partial charge is 0.494 e. The highest BCUT2D eigenvalue weighted by Gasteiger charge is 2.09. The molecule has 110 valence electrons. The van der Waals surface area contributed by atoms with E-state index >= 15 is 0 Å². The molecule has 0 radical (unpaired) electrons. The van der Waals surface area contributed by atoms with E-state index in [2.05, 4.69) is 10.6 Å². The third-order valence-electron chi connectivity index (χ3n) is 2.54. The molecular weight excluding hydrogens is 260 g/mol. The Morgan fingerprint density at radius 2 is 2.15 bits per heavy atom. The summed E-state index contributed by atoms with van der Waals surface area (Å²) >= 11 is 0. The van der Waals surface area contributed by atoms with Gasteiger partial charge in [-0.15, -0.1) is 0 Å². The SMILES string of the molecule is CCOc1cccc(NC(=O)NCC(C)CC(=O)O)c1. The number of carboxylic acids is 1. The molecule has 1 aromatic carbocycles. The molecule has 3 N–H and O–H groups in total. The minimum absolute atomic E-state index is 0.0279. The van der Waals surface area contributed by atoms with Gasteiger partial charge < -0.3 is 20.5 Å². The number of carbonyl (C=O) groups excluding carboxylic acids is 1. The van der Waals surface area contributed by atoms with Crippen LogP contribution in [0, 0.1) is 5.92 Å². The standard InChI is InChI=1S/C14H20N2O4/c1-3-20-12-6-4-5-11(8-12)16-14(19)15-9-10(2)7-13(17)18/h4-6,8,10H,3,7,9H2,1-2H3,(H,17,18)(H2,15,16,19). The number of benzene rings is 1. The summed E-state index contributed by atoms with van der Waals surface area (Å²) in [6.07, 6.45) is 0.0279. The summed E-state index contributed by atoms with van der Waals surface area (Å²) < 4.78 is 5.33. The molecule has 0 saturated heterocycles. The number of carboxylic acid groups (broad SMARTS) is 1. The summed E-state index contributed by atoms with van der Waals surface area (Å²) in [6.45, 7) is 4.52. The van der Waals surface area contributed by atoms with Gasteiger partial charge in [0.15, 0.2) is 0 Å². The zero-order valence-electron chi connectivity index (χ0n) is 11.7. The van der Waals surface area contributed by atoms with Crippen molar-refractivity contribution in [2.45, 2.75) is 20.3 Å². The Morgan fingerprint density at radius 1 is 1.40 bits per heavy atom. The summed E-state index contributed by atoms with van der Waals surface area (Å²) in [5, 5.41) is 13.9. The number of anilines is 1. The highest BCUT2D eigenvalue weighted by molar-refractivity contribution is 5.89. The normalized spacial score (nSPS) is 11.5. The molecule has 0 aliphatic heterocycles. The molecule has 2 amide bonds. The molecule has 6 nitrogen and oxygen atoms in total. The quantitative estimate of drug-likeness (QED) is 0.715. The molecule has 1 rings (SSSR count). The first kappa shape index (κ1) is 15.8. The molecule has 0 aliphatic rings. The van der Waals surface area contributed by atoms with Crippen LogP contribution in [0.5, 0.6) is 5.75 Å². The van der Waals surface area contributed by atoms with Crippen molar-refractivity contribution in [2.75, 3.05) is 18.5 Å². The zero-order chi connectivity index (χ0) is 15.0. The lowest BCUT2D eigenvalue weighted by molar-refractivity contribution is -0.137. The van der Waals surface area contributed by atoms with Crippen molar-refractivity contribution in [3.05, 3.63) is 24.3 Å². The van der Waals surface area contributed by atoms with Crippen LogP contribution in [0.4, 0.5) is 10.5 Å². The molecule has 1 unspecified atom stereocenters. The molecule has 6 heteroatoms. The average molecular weight is 280 g/mol. The van der Waals surface area contributed by atoms with E-state index in [0.29, 0.717) is 24.6 Å². The monoisotopic (exact) mass is 280 g/mol. The van der Waals surface area contributed by atoms with E-state index in [-0.39, 0.29) is 18.4 Å². The summed E-state index contributed by atoms with van der Waals surface area (Å²) in [4.78, 5) is 22.2. The van der Waals surface area contributed by atoms with Crippen LogP contribution in [-0.2, 0) is 4.79 Å². The van der Waals surface area contributed by atoms with Crippen LogP contribution in [0.25, 0.3) is 0 Å². The maximum Gasteiger partial charge on any atom is 0.319 e. The van der Waals surface area contributed by atoms with Crippen LogP contribution in [0.1, 0.15) is 20.3 Å². The predicted molar refractivity (Wildman–Crippen MR) is 76.0 cm³/mol. The maximum atomic E-state index is 11.7. The van der Waals surface area contributed by atoms with Gasteiger partial charge in [0, 0.05) is 24.7 Å². The molecule has 0 spiro atoms. The molecule has 1 aromatic rings. The van der Waals surface area contributed by atoms with Crippen LogP contribution in [0.15, 0.2) is 24.3 Å². The number of rotatable bonds is 7. The Labute approximate surface area is 118 Å². The molecule has 0 fully saturated rings. The first-order valence-electron chi connectivity index (χ1n) is 6.50. The van der Waals surface area contributed by atoms with E-state index in [1.54, 1.807) is 25.1 Å². The lowest BCUT2D eigenvalue weighted by Crippen LogP contribution is -2.32. The van der Waals surface area contributed by atoms with Crippen LogP contribution in [0.2, 0.25) is 0 Å².